The van der Waals surface area contributed by atoms with Crippen LogP contribution in [0.3, 0.4) is 0 Å². The van der Waals surface area contributed by atoms with Gasteiger partial charge in [0.2, 0.25) is 0 Å². The van der Waals surface area contributed by atoms with Crippen LogP contribution in [0.2, 0.25) is 0 Å². The van der Waals surface area contributed by atoms with Gasteiger partial charge in [0.15, 0.2) is 0 Å². The first kappa shape index (κ1) is 16.0. The van der Waals surface area contributed by atoms with Crippen molar-refractivity contribution in [2.24, 2.45) is 0 Å². The van der Waals surface area contributed by atoms with Crippen LogP contribution in [0.4, 0.5) is 18.9 Å². The molecule has 0 amide bonds. The summed E-state index contributed by atoms with van der Waals surface area (Å²) in [7, 11) is 0. The second-order valence-corrected chi connectivity index (χ2v) is 7.11. The first-order chi connectivity index (χ1) is 9.40. The third kappa shape index (κ3) is 4.07. The number of hydrogen-bond donors (Lipinski definition) is 1. The van der Waals surface area contributed by atoms with E-state index < -0.39 is 11.7 Å². The van der Waals surface area contributed by atoms with Crippen molar-refractivity contribution in [1.82, 2.24) is 0 Å². The number of hydrogen-bond acceptors (Lipinski definition) is 2. The molecule has 20 heavy (non-hydrogen) atoms. The molecule has 1 nitrogen and oxygen atoms in total. The Morgan fingerprint density at radius 3 is 2.70 bits per heavy atom. The molecule has 1 aromatic rings. The summed E-state index contributed by atoms with van der Waals surface area (Å²) in [4.78, 5) is 0. The molecule has 2 atom stereocenters. The lowest BCUT2D eigenvalue weighted by Crippen LogP contribution is -2.29. The molecule has 0 spiro atoms. The standard InChI is InChI=1S/C14H17BrF3NS/c1-20-11-4-2-3-10(8-11)19-13-6-5-9(15)7-12(13)14(16,17)18/h5-7,10-11,19H,2-4,8H2,1H3. The fraction of sp³-hybridized carbons (Fsp3) is 0.571. The third-order valence-electron chi connectivity index (χ3n) is 3.61. The fourth-order valence-corrected chi connectivity index (χ4v) is 3.78. The molecule has 0 radical (unpaired) electrons. The van der Waals surface area contributed by atoms with E-state index in [1.54, 1.807) is 17.8 Å². The average Bonchev–Trinajstić information content (AvgIpc) is 2.40. The average molecular weight is 368 g/mol. The summed E-state index contributed by atoms with van der Waals surface area (Å²) in [6.07, 6.45) is 1.82. The zero-order valence-corrected chi connectivity index (χ0v) is 13.5. The van der Waals surface area contributed by atoms with E-state index in [9.17, 15) is 13.2 Å². The molecule has 2 unspecified atom stereocenters. The summed E-state index contributed by atoms with van der Waals surface area (Å²) in [5, 5.41) is 3.64. The van der Waals surface area contributed by atoms with Crippen molar-refractivity contribution in [2.45, 2.75) is 43.2 Å². The van der Waals surface area contributed by atoms with Crippen molar-refractivity contribution in [1.29, 1.82) is 0 Å². The van der Waals surface area contributed by atoms with Crippen LogP contribution < -0.4 is 5.32 Å². The molecule has 1 aliphatic rings. The Morgan fingerprint density at radius 1 is 1.30 bits per heavy atom. The van der Waals surface area contributed by atoms with Gasteiger partial charge in [0.25, 0.3) is 0 Å². The highest BCUT2D eigenvalue weighted by molar-refractivity contribution is 9.10. The van der Waals surface area contributed by atoms with Gasteiger partial charge in [0.1, 0.15) is 0 Å². The van der Waals surface area contributed by atoms with Gasteiger partial charge in [-0.3, -0.25) is 0 Å². The first-order valence-electron chi connectivity index (χ1n) is 6.56. The molecule has 2 rings (SSSR count). The molecule has 1 saturated carbocycles. The number of halogens is 4. The van der Waals surface area contributed by atoms with Gasteiger partial charge in [0, 0.05) is 21.5 Å². The molecule has 0 aliphatic heterocycles. The predicted octanol–water partition coefficient (Wildman–Crippen LogP) is 5.55. The molecule has 6 heteroatoms. The first-order valence-corrected chi connectivity index (χ1v) is 8.64. The Morgan fingerprint density at radius 2 is 2.05 bits per heavy atom. The molecule has 112 valence electrons. The lowest BCUT2D eigenvalue weighted by molar-refractivity contribution is -0.137. The number of rotatable bonds is 3. The van der Waals surface area contributed by atoms with E-state index in [2.05, 4.69) is 27.5 Å². The van der Waals surface area contributed by atoms with Crippen LogP contribution in [0.1, 0.15) is 31.2 Å². The van der Waals surface area contributed by atoms with E-state index in [-0.39, 0.29) is 11.7 Å². The maximum absolute atomic E-state index is 13.1. The van der Waals surface area contributed by atoms with Crippen molar-refractivity contribution in [3.05, 3.63) is 28.2 Å². The molecule has 1 fully saturated rings. The van der Waals surface area contributed by atoms with Crippen molar-refractivity contribution in [3.63, 3.8) is 0 Å². The number of alkyl halides is 3. The molecule has 1 N–H and O–H groups in total. The molecule has 1 aliphatic carbocycles. The number of anilines is 1. The quantitative estimate of drug-likeness (QED) is 0.750. The van der Waals surface area contributed by atoms with Gasteiger partial charge in [-0.2, -0.15) is 24.9 Å². The maximum atomic E-state index is 13.1. The molecule has 1 aromatic carbocycles. The van der Waals surface area contributed by atoms with Crippen molar-refractivity contribution >= 4 is 33.4 Å². The number of benzene rings is 1. The Labute approximate surface area is 129 Å². The third-order valence-corrected chi connectivity index (χ3v) is 5.19. The van der Waals surface area contributed by atoms with Crippen molar-refractivity contribution < 1.29 is 13.2 Å². The normalized spacial score (nSPS) is 23.6. The van der Waals surface area contributed by atoms with Crippen molar-refractivity contribution in [3.8, 4) is 0 Å². The second kappa shape index (κ2) is 6.60. The topological polar surface area (TPSA) is 12.0 Å². The van der Waals surface area contributed by atoms with Gasteiger partial charge in [-0.25, -0.2) is 0 Å². The lowest BCUT2D eigenvalue weighted by Gasteiger charge is -2.30. The van der Waals surface area contributed by atoms with Gasteiger partial charge < -0.3 is 5.32 Å². The molecule has 0 aromatic heterocycles. The second-order valence-electron chi connectivity index (χ2n) is 5.05. The summed E-state index contributed by atoms with van der Waals surface area (Å²) in [5.74, 6) is 0. The van der Waals surface area contributed by atoms with Crippen LogP contribution in [0.25, 0.3) is 0 Å². The molecule has 0 bridgehead atoms. The monoisotopic (exact) mass is 367 g/mol. The predicted molar refractivity (Wildman–Crippen MR) is 82.3 cm³/mol. The number of nitrogens with one attached hydrogen (secondary N) is 1. The maximum Gasteiger partial charge on any atom is 0.418 e. The van der Waals surface area contributed by atoms with Gasteiger partial charge in [0.05, 0.1) is 5.56 Å². The minimum atomic E-state index is -4.33. The summed E-state index contributed by atoms with van der Waals surface area (Å²) < 4.78 is 39.6. The Kier molecular flexibility index (Phi) is 5.29. The van der Waals surface area contributed by atoms with E-state index in [0.717, 1.165) is 31.7 Å². The largest absolute Gasteiger partial charge is 0.418 e. The van der Waals surface area contributed by atoms with Gasteiger partial charge in [-0.05, 0) is 43.7 Å². The highest BCUT2D eigenvalue weighted by Crippen LogP contribution is 2.38. The van der Waals surface area contributed by atoms with Gasteiger partial charge in [-0.15, -0.1) is 0 Å². The SMILES string of the molecule is CSC1CCCC(Nc2ccc(Br)cc2C(F)(F)F)C1. The van der Waals surface area contributed by atoms with Crippen LogP contribution in [-0.2, 0) is 6.18 Å². The Balaban J connectivity index is 2.16. The molecule has 0 heterocycles. The summed E-state index contributed by atoms with van der Waals surface area (Å²) >= 11 is 4.91. The lowest BCUT2D eigenvalue weighted by atomic mass is 9.94. The molecular weight excluding hydrogens is 351 g/mol. The molecule has 0 saturated heterocycles. The van der Waals surface area contributed by atoms with E-state index >= 15 is 0 Å². The summed E-state index contributed by atoms with van der Waals surface area (Å²) in [6, 6.07) is 4.42. The van der Waals surface area contributed by atoms with Crippen LogP contribution in [-0.4, -0.2) is 17.5 Å². The van der Waals surface area contributed by atoms with E-state index in [0.29, 0.717) is 9.72 Å². The summed E-state index contributed by atoms with van der Waals surface area (Å²) in [5.41, 5.74) is -0.411. The van der Waals surface area contributed by atoms with Gasteiger partial charge in [-0.1, -0.05) is 22.4 Å². The fourth-order valence-electron chi connectivity index (χ4n) is 2.59. The smallest absolute Gasteiger partial charge is 0.382 e. The highest BCUT2D eigenvalue weighted by Gasteiger charge is 2.34. The van der Waals surface area contributed by atoms with Crippen LogP contribution in [0.5, 0.6) is 0 Å². The minimum absolute atomic E-state index is 0.128. The van der Waals surface area contributed by atoms with E-state index in [4.69, 9.17) is 0 Å². The van der Waals surface area contributed by atoms with Crippen LogP contribution in [0.15, 0.2) is 22.7 Å². The molecular formula is C14H17BrF3NS. The highest BCUT2D eigenvalue weighted by atomic mass is 79.9. The number of thioether (sulfide) groups is 1. The summed E-state index contributed by atoms with van der Waals surface area (Å²) in [6.45, 7) is 0. The Bertz CT molecular complexity index is 464. The van der Waals surface area contributed by atoms with Crippen molar-refractivity contribution in [2.75, 3.05) is 11.6 Å². The minimum Gasteiger partial charge on any atom is -0.382 e. The van der Waals surface area contributed by atoms with E-state index in [1.807, 2.05) is 0 Å². The zero-order chi connectivity index (χ0) is 14.8. The van der Waals surface area contributed by atoms with Gasteiger partial charge >= 0.3 is 6.18 Å². The van der Waals surface area contributed by atoms with E-state index in [1.165, 1.54) is 6.07 Å². The Hall–Kier alpha value is -0.360. The zero-order valence-electron chi connectivity index (χ0n) is 11.1. The van der Waals surface area contributed by atoms with Crippen LogP contribution >= 0.6 is 27.7 Å². The van der Waals surface area contributed by atoms with Crippen LogP contribution in [0, 0.1) is 0 Å².